The van der Waals surface area contributed by atoms with Crippen LogP contribution in [-0.4, -0.2) is 27.8 Å². The van der Waals surface area contributed by atoms with Crippen LogP contribution in [0.3, 0.4) is 0 Å². The van der Waals surface area contributed by atoms with E-state index in [1.54, 1.807) is 4.40 Å². The average Bonchev–Trinajstić information content (AvgIpc) is 3.79. The van der Waals surface area contributed by atoms with E-state index in [-0.39, 0.29) is 20.1 Å². The van der Waals surface area contributed by atoms with Gasteiger partial charge in [0.2, 0.25) is 0 Å². The van der Waals surface area contributed by atoms with Crippen LogP contribution in [0.5, 0.6) is 0 Å². The summed E-state index contributed by atoms with van der Waals surface area (Å²) in [4.78, 5) is 10.0. The van der Waals surface area contributed by atoms with E-state index in [1.807, 2.05) is 36.4 Å². The standard InChI is InChI=1S/C35H29N2O.C18H24GeN.Ir/c1-21(2)24-14-9-15-25(22(3)4)32(24)37-33-26-12-6-5-11-23(26)19-20-30(33)36-35(37)29-17-10-16-28-27-13-7-8-18-31(27)38-34(28)29;1-14(2)11-16-12-18(15-9-7-6-8-10-15)20-13-17(16)19(3,4)5;/h5-16,18-22H,1-4H3;6-9,12-14H,11H2,1-5H3;/q2*-1;. The van der Waals surface area contributed by atoms with Gasteiger partial charge in [-0.3, -0.25) is 4.98 Å². The van der Waals surface area contributed by atoms with E-state index in [9.17, 15) is 0 Å². The van der Waals surface area contributed by atoms with Gasteiger partial charge in [-0.15, -0.1) is 18.2 Å². The van der Waals surface area contributed by atoms with Crippen molar-refractivity contribution in [1.29, 1.82) is 0 Å². The maximum Gasteiger partial charge on any atom is 0.120 e. The second-order valence-electron chi connectivity index (χ2n) is 17.6. The first-order chi connectivity index (χ1) is 27.9. The van der Waals surface area contributed by atoms with Crippen molar-refractivity contribution in [3.63, 3.8) is 0 Å². The number of hydrogen-bond donors (Lipinski definition) is 0. The molecule has 4 nitrogen and oxygen atoms in total. The van der Waals surface area contributed by atoms with Crippen molar-refractivity contribution >= 4 is 61.4 Å². The van der Waals surface area contributed by atoms with E-state index < -0.39 is 13.3 Å². The third-order valence-electron chi connectivity index (χ3n) is 11.1. The Kier molecular flexibility index (Phi) is 12.5. The molecule has 59 heavy (non-hydrogen) atoms. The maximum atomic E-state index is 6.48. The third-order valence-corrected chi connectivity index (χ3v) is 15.4. The number of aromatic nitrogens is 3. The fraction of sp³-hybridized carbons (Fsp3) is 0.245. The number of furan rings is 1. The number of para-hydroxylation sites is 2. The molecule has 9 rings (SSSR count). The summed E-state index contributed by atoms with van der Waals surface area (Å²) in [6, 6.07) is 49.1. The van der Waals surface area contributed by atoms with Gasteiger partial charge in [0.15, 0.2) is 0 Å². The van der Waals surface area contributed by atoms with Crippen LogP contribution in [0, 0.1) is 18.1 Å². The van der Waals surface area contributed by atoms with Crippen molar-refractivity contribution in [1.82, 2.24) is 14.5 Å². The van der Waals surface area contributed by atoms with Crippen molar-refractivity contribution in [3.05, 3.63) is 156 Å². The molecule has 3 aromatic heterocycles. The van der Waals surface area contributed by atoms with Gasteiger partial charge in [-0.2, -0.15) is 0 Å². The molecule has 0 aliphatic heterocycles. The molecule has 0 saturated heterocycles. The van der Waals surface area contributed by atoms with Crippen molar-refractivity contribution < 1.29 is 24.5 Å². The molecule has 0 amide bonds. The van der Waals surface area contributed by atoms with Gasteiger partial charge < -0.3 is 8.98 Å². The second kappa shape index (κ2) is 17.4. The number of rotatable bonds is 8. The molecule has 9 aromatic rings. The summed E-state index contributed by atoms with van der Waals surface area (Å²) in [7, 11) is 0. The Balaban J connectivity index is 0.000000214. The van der Waals surface area contributed by atoms with Crippen LogP contribution in [0.2, 0.25) is 17.3 Å². The zero-order valence-corrected chi connectivity index (χ0v) is 40.1. The quantitative estimate of drug-likeness (QED) is 0.113. The van der Waals surface area contributed by atoms with Crippen molar-refractivity contribution in [2.45, 2.75) is 77.1 Å². The van der Waals surface area contributed by atoms with Crippen LogP contribution in [-0.2, 0) is 26.5 Å². The van der Waals surface area contributed by atoms with E-state index in [2.05, 4.69) is 167 Å². The smallest absolute Gasteiger partial charge is 0.120 e. The van der Waals surface area contributed by atoms with Gasteiger partial charge in [-0.05, 0) is 40.5 Å². The van der Waals surface area contributed by atoms with Gasteiger partial charge in [0.05, 0.1) is 22.4 Å². The van der Waals surface area contributed by atoms with Crippen LogP contribution in [0.4, 0.5) is 0 Å². The minimum absolute atomic E-state index is 0. The summed E-state index contributed by atoms with van der Waals surface area (Å²) in [6.45, 7) is 13.7. The zero-order chi connectivity index (χ0) is 40.7. The summed E-state index contributed by atoms with van der Waals surface area (Å²) >= 11 is -1.86. The van der Waals surface area contributed by atoms with Crippen LogP contribution < -0.4 is 4.40 Å². The van der Waals surface area contributed by atoms with Gasteiger partial charge in [-0.1, -0.05) is 105 Å². The van der Waals surface area contributed by atoms with Crippen molar-refractivity contribution in [2.24, 2.45) is 5.92 Å². The Morgan fingerprint density at radius 1 is 0.695 bits per heavy atom. The Morgan fingerprint density at radius 2 is 1.39 bits per heavy atom. The second-order valence-corrected chi connectivity index (χ2v) is 28.1. The van der Waals surface area contributed by atoms with Crippen LogP contribution in [0.1, 0.15) is 70.1 Å². The summed E-state index contributed by atoms with van der Waals surface area (Å²) in [5, 5.41) is 4.58. The minimum atomic E-state index is -1.86. The summed E-state index contributed by atoms with van der Waals surface area (Å²) in [6.07, 6.45) is 3.27. The number of nitrogens with zero attached hydrogens (tertiary/aromatic N) is 3. The molecule has 0 aliphatic rings. The molecule has 0 atom stereocenters. The van der Waals surface area contributed by atoms with E-state index >= 15 is 0 Å². The molecule has 0 saturated carbocycles. The number of pyridine rings is 1. The molecule has 0 unspecified atom stereocenters. The van der Waals surface area contributed by atoms with Gasteiger partial charge in [0.25, 0.3) is 0 Å². The molecule has 6 aromatic carbocycles. The van der Waals surface area contributed by atoms with Crippen molar-refractivity contribution in [3.8, 4) is 28.3 Å². The number of benzene rings is 6. The molecule has 3 heterocycles. The largest absolute Gasteiger partial charge is 0.501 e. The summed E-state index contributed by atoms with van der Waals surface area (Å²) in [5.41, 5.74) is 12.1. The van der Waals surface area contributed by atoms with E-state index in [4.69, 9.17) is 14.4 Å². The molecule has 0 aliphatic carbocycles. The summed E-state index contributed by atoms with van der Waals surface area (Å²) < 4.78 is 10.4. The fourth-order valence-electron chi connectivity index (χ4n) is 8.33. The molecule has 0 bridgehead atoms. The Morgan fingerprint density at radius 3 is 2.07 bits per heavy atom. The topological polar surface area (TPSA) is 43.9 Å². The predicted octanol–water partition coefficient (Wildman–Crippen LogP) is 14.1. The first-order valence-corrected chi connectivity index (χ1v) is 28.1. The Hall–Kier alpha value is -4.81. The van der Waals surface area contributed by atoms with Gasteiger partial charge >= 0.3 is 126 Å². The number of imidazole rings is 1. The fourth-order valence-corrected chi connectivity index (χ4v) is 11.7. The first-order valence-electron chi connectivity index (χ1n) is 20.7. The molecule has 301 valence electrons. The minimum Gasteiger partial charge on any atom is -0.501 e. The SMILES string of the molecule is CC(C)Cc1cc(-c2[c-]cccc2)nc[c]1[Ge]([CH3])([CH3])[CH3].CC(C)c1cccc(C(C)C)c1-n1c(-c2[c-]ccc3c2oc2ccccc23)nc2ccc3ccccc3c21.[Ir]. The number of fused-ring (bicyclic) bond motifs is 6. The number of hydrogen-bond acceptors (Lipinski definition) is 3. The molecule has 1 radical (unpaired) electrons. The monoisotopic (exact) mass is 1010 g/mol. The van der Waals surface area contributed by atoms with Crippen LogP contribution >= 0.6 is 0 Å². The van der Waals surface area contributed by atoms with E-state index in [1.165, 1.54) is 33.2 Å². The van der Waals surface area contributed by atoms with Crippen molar-refractivity contribution in [2.75, 3.05) is 0 Å². The Bertz CT molecular complexity index is 2870. The normalized spacial score (nSPS) is 11.9. The average molecular weight is 1010 g/mol. The zero-order valence-electron chi connectivity index (χ0n) is 35.6. The molecule has 6 heteroatoms. The molecule has 0 spiro atoms. The molecule has 0 N–H and O–H groups in total. The van der Waals surface area contributed by atoms with Crippen LogP contribution in [0.15, 0.2) is 132 Å². The first kappa shape index (κ1) is 42.3. The third kappa shape index (κ3) is 8.35. The van der Waals surface area contributed by atoms with Crippen LogP contribution in [0.25, 0.3) is 72.1 Å². The molecular formula is C53H53GeIrN3O-2. The van der Waals surface area contributed by atoms with E-state index in [0.717, 1.165) is 62.0 Å². The van der Waals surface area contributed by atoms with Gasteiger partial charge in [-0.25, -0.2) is 0 Å². The molecular weight excluding hydrogens is 959 g/mol. The maximum absolute atomic E-state index is 6.48. The Labute approximate surface area is 365 Å². The van der Waals surface area contributed by atoms with Gasteiger partial charge in [0, 0.05) is 36.6 Å². The van der Waals surface area contributed by atoms with Gasteiger partial charge in [0.1, 0.15) is 5.58 Å². The van der Waals surface area contributed by atoms with E-state index in [0.29, 0.717) is 17.8 Å². The molecule has 0 fully saturated rings. The summed E-state index contributed by atoms with van der Waals surface area (Å²) in [5.74, 6) is 9.54. The predicted molar refractivity (Wildman–Crippen MR) is 248 cm³/mol.